The van der Waals surface area contributed by atoms with Crippen molar-refractivity contribution in [1.82, 2.24) is 9.55 Å². The minimum absolute atomic E-state index is 0.0935. The molecule has 3 rings (SSSR count). The minimum atomic E-state index is -3.04. The van der Waals surface area contributed by atoms with Crippen molar-refractivity contribution in [3.63, 3.8) is 0 Å². The Morgan fingerprint density at radius 3 is 2.83 bits per heavy atom. The quantitative estimate of drug-likeness (QED) is 0.887. The van der Waals surface area contributed by atoms with E-state index in [-0.39, 0.29) is 11.8 Å². The van der Waals surface area contributed by atoms with E-state index in [1.165, 1.54) is 5.41 Å². The van der Waals surface area contributed by atoms with E-state index in [1.807, 2.05) is 35.9 Å². The van der Waals surface area contributed by atoms with Crippen LogP contribution in [0.2, 0.25) is 0 Å². The fourth-order valence-electron chi connectivity index (χ4n) is 2.11. The molecule has 0 aliphatic carbocycles. The van der Waals surface area contributed by atoms with Crippen LogP contribution in [0.25, 0.3) is 11.0 Å². The van der Waals surface area contributed by atoms with Gasteiger partial charge in [0.1, 0.15) is 0 Å². The molecule has 0 bridgehead atoms. The number of fused-ring (bicyclic) bond motifs is 1. The Kier molecular flexibility index (Phi) is 2.41. The molecule has 1 aliphatic heterocycles. The number of nitrogens with one attached hydrogen (secondary N) is 1. The normalized spacial score (nSPS) is 21.5. The summed E-state index contributed by atoms with van der Waals surface area (Å²) in [5.74, 6) is 0.777. The highest BCUT2D eigenvalue weighted by Crippen LogP contribution is 2.20. The number of sulfone groups is 1. The lowest BCUT2D eigenvalue weighted by molar-refractivity contribution is 0.605. The number of imidazole rings is 1. The van der Waals surface area contributed by atoms with Crippen LogP contribution in [0.4, 0.5) is 5.95 Å². The molecule has 0 saturated carbocycles. The summed E-state index contributed by atoms with van der Waals surface area (Å²) in [5, 5.41) is 4.40. The van der Waals surface area contributed by atoms with Crippen molar-refractivity contribution < 1.29 is 8.42 Å². The van der Waals surface area contributed by atoms with Crippen LogP contribution in [0.15, 0.2) is 35.7 Å². The van der Waals surface area contributed by atoms with Gasteiger partial charge >= 0.3 is 0 Å². The van der Waals surface area contributed by atoms with Crippen molar-refractivity contribution in [1.29, 1.82) is 0 Å². The molecule has 1 N–H and O–H groups in total. The van der Waals surface area contributed by atoms with Crippen molar-refractivity contribution in [2.45, 2.75) is 6.04 Å². The molecule has 0 saturated heterocycles. The lowest BCUT2D eigenvalue weighted by Crippen LogP contribution is -2.22. The SMILES string of the molecule is Cn1c(NC2C=CS(=O)(=O)C2)nc2ccccc21. The molecular weight excluding hydrogens is 250 g/mol. The first-order valence-corrected chi connectivity index (χ1v) is 7.36. The molecule has 0 fully saturated rings. The van der Waals surface area contributed by atoms with E-state index in [0.29, 0.717) is 5.95 Å². The van der Waals surface area contributed by atoms with Crippen LogP contribution in [0.5, 0.6) is 0 Å². The second kappa shape index (κ2) is 3.84. The van der Waals surface area contributed by atoms with Crippen LogP contribution < -0.4 is 5.32 Å². The molecule has 5 nitrogen and oxygen atoms in total. The fraction of sp³-hybridized carbons (Fsp3) is 0.250. The van der Waals surface area contributed by atoms with Crippen LogP contribution in [0, 0.1) is 0 Å². The summed E-state index contributed by atoms with van der Waals surface area (Å²) < 4.78 is 24.6. The number of hydrogen-bond donors (Lipinski definition) is 1. The van der Waals surface area contributed by atoms with Gasteiger partial charge in [0.05, 0.1) is 22.8 Å². The summed E-state index contributed by atoms with van der Waals surface area (Å²) in [6, 6.07) is 7.59. The number of anilines is 1. The van der Waals surface area contributed by atoms with Crippen LogP contribution in [0.3, 0.4) is 0 Å². The van der Waals surface area contributed by atoms with Crippen molar-refractivity contribution in [3.8, 4) is 0 Å². The van der Waals surface area contributed by atoms with Gasteiger partial charge in [-0.25, -0.2) is 13.4 Å². The fourth-order valence-corrected chi connectivity index (χ4v) is 3.34. The van der Waals surface area contributed by atoms with Crippen molar-refractivity contribution in [2.75, 3.05) is 11.1 Å². The molecule has 2 heterocycles. The third-order valence-corrected chi connectivity index (χ3v) is 4.43. The number of aromatic nitrogens is 2. The molecule has 0 radical (unpaired) electrons. The standard InChI is InChI=1S/C12H13N3O2S/c1-15-11-5-3-2-4-10(11)14-12(15)13-9-6-7-18(16,17)8-9/h2-7,9H,8H2,1H3,(H,13,14). The molecule has 1 aromatic carbocycles. The lowest BCUT2D eigenvalue weighted by Gasteiger charge is -2.10. The molecule has 1 aromatic heterocycles. The zero-order valence-corrected chi connectivity index (χ0v) is 10.7. The molecule has 94 valence electrons. The van der Waals surface area contributed by atoms with Gasteiger partial charge in [0.15, 0.2) is 9.84 Å². The van der Waals surface area contributed by atoms with Crippen LogP contribution in [-0.4, -0.2) is 29.8 Å². The summed E-state index contributed by atoms with van der Waals surface area (Å²) in [6.07, 6.45) is 1.66. The smallest absolute Gasteiger partial charge is 0.204 e. The number of para-hydroxylation sites is 2. The first-order valence-electron chi connectivity index (χ1n) is 5.64. The van der Waals surface area contributed by atoms with Crippen molar-refractivity contribution in [2.24, 2.45) is 7.05 Å². The van der Waals surface area contributed by atoms with Gasteiger partial charge in [-0.15, -0.1) is 0 Å². The maximum atomic E-state index is 11.3. The summed E-state index contributed by atoms with van der Waals surface area (Å²) in [5.41, 5.74) is 1.91. The van der Waals surface area contributed by atoms with Gasteiger partial charge in [-0.3, -0.25) is 0 Å². The maximum absolute atomic E-state index is 11.3. The molecule has 1 atom stereocenters. The molecule has 2 aromatic rings. The molecule has 1 unspecified atom stereocenters. The van der Waals surface area contributed by atoms with Crippen LogP contribution in [-0.2, 0) is 16.9 Å². The Balaban J connectivity index is 1.92. The number of aryl methyl sites for hydroxylation is 1. The Morgan fingerprint density at radius 2 is 2.17 bits per heavy atom. The molecule has 1 aliphatic rings. The average molecular weight is 263 g/mol. The summed E-state index contributed by atoms with van der Waals surface area (Å²) >= 11 is 0. The van der Waals surface area contributed by atoms with Crippen molar-refractivity contribution in [3.05, 3.63) is 35.7 Å². The highest BCUT2D eigenvalue weighted by atomic mass is 32.2. The van der Waals surface area contributed by atoms with E-state index in [9.17, 15) is 8.42 Å². The predicted molar refractivity (Wildman–Crippen MR) is 71.1 cm³/mol. The second-order valence-corrected chi connectivity index (χ2v) is 6.32. The van der Waals surface area contributed by atoms with E-state index in [0.717, 1.165) is 11.0 Å². The first-order chi connectivity index (χ1) is 8.55. The van der Waals surface area contributed by atoms with Gasteiger partial charge in [-0.1, -0.05) is 12.1 Å². The Bertz CT molecular complexity index is 731. The third-order valence-electron chi connectivity index (χ3n) is 3.03. The van der Waals surface area contributed by atoms with Crippen LogP contribution in [0.1, 0.15) is 0 Å². The van der Waals surface area contributed by atoms with E-state index in [4.69, 9.17) is 0 Å². The monoisotopic (exact) mass is 263 g/mol. The minimum Gasteiger partial charge on any atom is -0.348 e. The van der Waals surface area contributed by atoms with E-state index in [1.54, 1.807) is 6.08 Å². The summed E-state index contributed by atoms with van der Waals surface area (Å²) in [4.78, 5) is 4.45. The van der Waals surface area contributed by atoms with Crippen molar-refractivity contribution >= 4 is 26.8 Å². The highest BCUT2D eigenvalue weighted by molar-refractivity contribution is 7.94. The third kappa shape index (κ3) is 1.88. The molecule has 0 amide bonds. The van der Waals surface area contributed by atoms with E-state index < -0.39 is 9.84 Å². The predicted octanol–water partition coefficient (Wildman–Crippen LogP) is 1.30. The maximum Gasteiger partial charge on any atom is 0.204 e. The molecular formula is C12H13N3O2S. The van der Waals surface area contributed by atoms with Crippen LogP contribution >= 0.6 is 0 Å². The summed E-state index contributed by atoms with van der Waals surface area (Å²) in [7, 11) is -1.13. The average Bonchev–Trinajstić information content (AvgIpc) is 2.82. The number of hydrogen-bond acceptors (Lipinski definition) is 4. The largest absolute Gasteiger partial charge is 0.348 e. The van der Waals surface area contributed by atoms with Gasteiger partial charge < -0.3 is 9.88 Å². The van der Waals surface area contributed by atoms with Gasteiger partial charge in [-0.05, 0) is 18.2 Å². The summed E-state index contributed by atoms with van der Waals surface area (Å²) in [6.45, 7) is 0. The Morgan fingerprint density at radius 1 is 1.39 bits per heavy atom. The molecule has 0 spiro atoms. The number of nitrogens with zero attached hydrogens (tertiary/aromatic N) is 2. The number of benzene rings is 1. The lowest BCUT2D eigenvalue weighted by atomic mass is 10.3. The van der Waals surface area contributed by atoms with Gasteiger partial charge in [0.25, 0.3) is 0 Å². The topological polar surface area (TPSA) is 64.0 Å². The van der Waals surface area contributed by atoms with Gasteiger partial charge in [0, 0.05) is 12.5 Å². The zero-order chi connectivity index (χ0) is 12.8. The first kappa shape index (κ1) is 11.3. The van der Waals surface area contributed by atoms with Gasteiger partial charge in [-0.2, -0.15) is 0 Å². The molecule has 18 heavy (non-hydrogen) atoms. The second-order valence-electron chi connectivity index (χ2n) is 4.39. The Labute approximate surface area is 105 Å². The van der Waals surface area contributed by atoms with Gasteiger partial charge in [0.2, 0.25) is 5.95 Å². The Hall–Kier alpha value is -1.82. The molecule has 6 heteroatoms. The number of rotatable bonds is 2. The van der Waals surface area contributed by atoms with E-state index in [2.05, 4.69) is 10.3 Å². The zero-order valence-electron chi connectivity index (χ0n) is 9.87. The highest BCUT2D eigenvalue weighted by Gasteiger charge is 2.22. The van der Waals surface area contributed by atoms with E-state index >= 15 is 0 Å².